The number of nitrogen functional groups attached to an aromatic ring is 1. The summed E-state index contributed by atoms with van der Waals surface area (Å²) in [6.45, 7) is 2.85. The number of benzene rings is 1. The van der Waals surface area contributed by atoms with Gasteiger partial charge in [-0.25, -0.2) is 0 Å². The van der Waals surface area contributed by atoms with Gasteiger partial charge >= 0.3 is 0 Å². The quantitative estimate of drug-likeness (QED) is 0.783. The zero-order valence-electron chi connectivity index (χ0n) is 12.6. The van der Waals surface area contributed by atoms with Gasteiger partial charge in [-0.1, -0.05) is 30.3 Å². The van der Waals surface area contributed by atoms with E-state index < -0.39 is 0 Å². The maximum Gasteiger partial charge on any atom is 0.115 e. The Morgan fingerprint density at radius 3 is 2.24 bits per heavy atom. The van der Waals surface area contributed by atoms with E-state index in [2.05, 4.69) is 22.0 Å². The Bertz CT molecular complexity index is 532. The molecule has 5 heteroatoms. The summed E-state index contributed by atoms with van der Waals surface area (Å²) in [6, 6.07) is 12.2. The third kappa shape index (κ3) is 4.00. The molecule has 0 aliphatic heterocycles. The minimum absolute atomic E-state index is 0.650. The highest BCUT2D eigenvalue weighted by Crippen LogP contribution is 2.32. The van der Waals surface area contributed by atoms with E-state index in [0.717, 1.165) is 30.0 Å². The van der Waals surface area contributed by atoms with Crippen LogP contribution in [0.15, 0.2) is 36.4 Å². The highest BCUT2D eigenvalue weighted by Gasteiger charge is 2.15. The van der Waals surface area contributed by atoms with Crippen molar-refractivity contribution in [2.45, 2.75) is 0 Å². The number of methoxy groups -OCH3 is 2. The molecule has 3 N–H and O–H groups in total. The Labute approximate surface area is 125 Å². The molecule has 0 saturated heterocycles. The van der Waals surface area contributed by atoms with E-state index in [9.17, 15) is 0 Å². The van der Waals surface area contributed by atoms with Crippen LogP contribution in [0, 0.1) is 0 Å². The van der Waals surface area contributed by atoms with Gasteiger partial charge in [0.2, 0.25) is 0 Å². The fourth-order valence-corrected chi connectivity index (χ4v) is 2.29. The molecule has 5 nitrogen and oxygen atoms in total. The van der Waals surface area contributed by atoms with Crippen LogP contribution in [0.3, 0.4) is 0 Å². The van der Waals surface area contributed by atoms with Crippen molar-refractivity contribution in [3.8, 4) is 11.1 Å². The molecule has 1 aromatic carbocycles. The lowest BCUT2D eigenvalue weighted by molar-refractivity contribution is 0.190. The zero-order chi connectivity index (χ0) is 15.1. The van der Waals surface area contributed by atoms with E-state index in [0.29, 0.717) is 19.0 Å². The third-order valence-electron chi connectivity index (χ3n) is 3.35. The number of rotatable bonds is 8. The summed E-state index contributed by atoms with van der Waals surface area (Å²) in [7, 11) is 3.41. The number of aromatic amines is 1. The van der Waals surface area contributed by atoms with Gasteiger partial charge in [-0.15, -0.1) is 0 Å². The monoisotopic (exact) mass is 289 g/mol. The van der Waals surface area contributed by atoms with Gasteiger partial charge in [-0.2, -0.15) is 0 Å². The molecule has 0 aliphatic rings. The topological polar surface area (TPSA) is 63.5 Å². The second-order valence-corrected chi connectivity index (χ2v) is 4.83. The summed E-state index contributed by atoms with van der Waals surface area (Å²) in [6.07, 6.45) is 0. The van der Waals surface area contributed by atoms with E-state index >= 15 is 0 Å². The molecule has 114 valence electrons. The van der Waals surface area contributed by atoms with Crippen LogP contribution in [0.1, 0.15) is 0 Å². The molecule has 1 heterocycles. The van der Waals surface area contributed by atoms with Crippen molar-refractivity contribution in [3.05, 3.63) is 36.4 Å². The molecular formula is C16H23N3O2. The minimum atomic E-state index is 0.650. The molecule has 0 saturated carbocycles. The molecule has 0 amide bonds. The molecule has 0 atom stereocenters. The summed E-state index contributed by atoms with van der Waals surface area (Å²) >= 11 is 0. The maximum absolute atomic E-state index is 5.97. The first kappa shape index (κ1) is 15.4. The first-order valence-corrected chi connectivity index (χ1v) is 7.03. The SMILES string of the molecule is COCCN(CCOC)c1[nH]c(N)cc1-c1ccccc1. The predicted octanol–water partition coefficient (Wildman–Crippen LogP) is 2.36. The molecule has 0 aliphatic carbocycles. The minimum Gasteiger partial charge on any atom is -0.385 e. The number of hydrogen-bond acceptors (Lipinski definition) is 4. The third-order valence-corrected chi connectivity index (χ3v) is 3.35. The Morgan fingerprint density at radius 1 is 1.05 bits per heavy atom. The summed E-state index contributed by atoms with van der Waals surface area (Å²) in [5.41, 5.74) is 8.20. The van der Waals surface area contributed by atoms with Crippen LogP contribution in [-0.4, -0.2) is 45.5 Å². The van der Waals surface area contributed by atoms with Crippen LogP contribution >= 0.6 is 0 Å². The van der Waals surface area contributed by atoms with E-state index in [-0.39, 0.29) is 0 Å². The number of hydrogen-bond donors (Lipinski definition) is 2. The number of anilines is 2. The van der Waals surface area contributed by atoms with Crippen LogP contribution in [0.5, 0.6) is 0 Å². The van der Waals surface area contributed by atoms with Crippen LogP contribution in [-0.2, 0) is 9.47 Å². The van der Waals surface area contributed by atoms with Crippen molar-refractivity contribution in [1.29, 1.82) is 0 Å². The predicted molar refractivity (Wildman–Crippen MR) is 86.6 cm³/mol. The normalized spacial score (nSPS) is 10.8. The average Bonchev–Trinajstić information content (AvgIpc) is 2.90. The Morgan fingerprint density at radius 2 is 1.67 bits per heavy atom. The van der Waals surface area contributed by atoms with Crippen molar-refractivity contribution < 1.29 is 9.47 Å². The number of aromatic nitrogens is 1. The van der Waals surface area contributed by atoms with Crippen LogP contribution in [0.4, 0.5) is 11.6 Å². The maximum atomic E-state index is 5.97. The van der Waals surface area contributed by atoms with E-state index in [4.69, 9.17) is 15.2 Å². The molecule has 2 rings (SSSR count). The first-order valence-electron chi connectivity index (χ1n) is 7.03. The highest BCUT2D eigenvalue weighted by atomic mass is 16.5. The fourth-order valence-electron chi connectivity index (χ4n) is 2.29. The van der Waals surface area contributed by atoms with Crippen molar-refractivity contribution >= 4 is 11.6 Å². The highest BCUT2D eigenvalue weighted by molar-refractivity contribution is 5.79. The molecule has 0 spiro atoms. The van der Waals surface area contributed by atoms with Crippen LogP contribution < -0.4 is 10.6 Å². The lowest BCUT2D eigenvalue weighted by Gasteiger charge is -2.24. The molecule has 0 unspecified atom stereocenters. The summed E-state index contributed by atoms with van der Waals surface area (Å²) in [5, 5.41) is 0. The molecule has 21 heavy (non-hydrogen) atoms. The van der Waals surface area contributed by atoms with Crippen LogP contribution in [0.25, 0.3) is 11.1 Å². The Balaban J connectivity index is 2.31. The largest absolute Gasteiger partial charge is 0.385 e. The van der Waals surface area contributed by atoms with Crippen molar-refractivity contribution in [2.24, 2.45) is 0 Å². The van der Waals surface area contributed by atoms with Gasteiger partial charge < -0.3 is 25.1 Å². The standard InChI is InChI=1S/C16H23N3O2/c1-20-10-8-19(9-11-21-2)16-14(12-15(17)18-16)13-6-4-3-5-7-13/h3-7,12,18H,8-11,17H2,1-2H3. The number of ether oxygens (including phenoxy) is 2. The lowest BCUT2D eigenvalue weighted by atomic mass is 10.1. The Hall–Kier alpha value is -1.98. The van der Waals surface area contributed by atoms with Gasteiger partial charge in [0, 0.05) is 32.9 Å². The van der Waals surface area contributed by atoms with Gasteiger partial charge in [0.05, 0.1) is 13.2 Å². The summed E-state index contributed by atoms with van der Waals surface area (Å²) in [5.74, 6) is 1.66. The molecule has 1 aromatic heterocycles. The Kier molecular flexibility index (Phi) is 5.66. The second kappa shape index (κ2) is 7.71. The van der Waals surface area contributed by atoms with Gasteiger partial charge in [0.1, 0.15) is 11.6 Å². The van der Waals surface area contributed by atoms with E-state index in [1.54, 1.807) is 14.2 Å². The van der Waals surface area contributed by atoms with E-state index in [1.165, 1.54) is 0 Å². The number of nitrogens with zero attached hydrogens (tertiary/aromatic N) is 1. The van der Waals surface area contributed by atoms with Gasteiger partial charge in [-0.05, 0) is 11.6 Å². The van der Waals surface area contributed by atoms with Gasteiger partial charge in [0.25, 0.3) is 0 Å². The smallest absolute Gasteiger partial charge is 0.115 e. The first-order chi connectivity index (χ1) is 10.3. The zero-order valence-corrected chi connectivity index (χ0v) is 12.6. The van der Waals surface area contributed by atoms with Crippen molar-refractivity contribution in [3.63, 3.8) is 0 Å². The second-order valence-electron chi connectivity index (χ2n) is 4.83. The average molecular weight is 289 g/mol. The molecule has 0 bridgehead atoms. The number of H-pyrrole nitrogens is 1. The fraction of sp³-hybridized carbons (Fsp3) is 0.375. The molecule has 0 fully saturated rings. The van der Waals surface area contributed by atoms with Crippen molar-refractivity contribution in [1.82, 2.24) is 4.98 Å². The number of nitrogens with one attached hydrogen (secondary N) is 1. The van der Waals surface area contributed by atoms with Gasteiger partial charge in [0.15, 0.2) is 0 Å². The summed E-state index contributed by atoms with van der Waals surface area (Å²) in [4.78, 5) is 5.45. The molecular weight excluding hydrogens is 266 g/mol. The van der Waals surface area contributed by atoms with Crippen molar-refractivity contribution in [2.75, 3.05) is 51.2 Å². The van der Waals surface area contributed by atoms with Crippen LogP contribution in [0.2, 0.25) is 0 Å². The lowest BCUT2D eigenvalue weighted by Crippen LogP contribution is -2.31. The number of nitrogens with two attached hydrogens (primary N) is 1. The van der Waals surface area contributed by atoms with E-state index in [1.807, 2.05) is 24.3 Å². The van der Waals surface area contributed by atoms with Gasteiger partial charge in [-0.3, -0.25) is 0 Å². The summed E-state index contributed by atoms with van der Waals surface area (Å²) < 4.78 is 10.4. The molecule has 2 aromatic rings. The molecule has 0 radical (unpaired) electrons.